The standard InChI is InChI=1S/C14H19BrN2O3/c15-13-4-2-12(20-13)3-5-14(18)16-6-1-7-17-8-10-19-11-9-17/h2-5H,1,6-11H2,(H,16,18)/b5-3+. The number of hydrogen-bond acceptors (Lipinski definition) is 4. The van der Waals surface area contributed by atoms with Gasteiger partial charge in [-0.3, -0.25) is 9.69 Å². The highest BCUT2D eigenvalue weighted by atomic mass is 79.9. The van der Waals surface area contributed by atoms with E-state index in [0.29, 0.717) is 17.0 Å². The quantitative estimate of drug-likeness (QED) is 0.633. The van der Waals surface area contributed by atoms with Gasteiger partial charge >= 0.3 is 0 Å². The number of carbonyl (C=O) groups is 1. The third kappa shape index (κ3) is 5.48. The van der Waals surface area contributed by atoms with Crippen molar-refractivity contribution in [3.05, 3.63) is 28.6 Å². The summed E-state index contributed by atoms with van der Waals surface area (Å²) in [6.07, 6.45) is 4.09. The average molecular weight is 343 g/mol. The fourth-order valence-corrected chi connectivity index (χ4v) is 2.29. The molecule has 2 heterocycles. The van der Waals surface area contributed by atoms with E-state index in [4.69, 9.17) is 9.15 Å². The van der Waals surface area contributed by atoms with E-state index < -0.39 is 0 Å². The second kappa shape index (κ2) is 8.24. The lowest BCUT2D eigenvalue weighted by Gasteiger charge is -2.26. The van der Waals surface area contributed by atoms with E-state index in [2.05, 4.69) is 26.1 Å². The fraction of sp³-hybridized carbons (Fsp3) is 0.500. The number of amides is 1. The lowest BCUT2D eigenvalue weighted by molar-refractivity contribution is -0.116. The number of hydrogen-bond donors (Lipinski definition) is 1. The molecule has 110 valence electrons. The van der Waals surface area contributed by atoms with Crippen molar-refractivity contribution >= 4 is 27.9 Å². The highest BCUT2D eigenvalue weighted by Crippen LogP contribution is 2.14. The van der Waals surface area contributed by atoms with Crippen molar-refractivity contribution in [3.8, 4) is 0 Å². The molecule has 1 aliphatic heterocycles. The normalized spacial score (nSPS) is 16.6. The highest BCUT2D eigenvalue weighted by Gasteiger charge is 2.09. The molecule has 0 unspecified atom stereocenters. The van der Waals surface area contributed by atoms with Gasteiger partial charge in [-0.15, -0.1) is 0 Å². The van der Waals surface area contributed by atoms with E-state index in [0.717, 1.165) is 39.3 Å². The summed E-state index contributed by atoms with van der Waals surface area (Å²) in [5.41, 5.74) is 0. The van der Waals surface area contributed by atoms with Crippen LogP contribution in [-0.2, 0) is 9.53 Å². The van der Waals surface area contributed by atoms with Crippen molar-refractivity contribution in [3.63, 3.8) is 0 Å². The first-order chi connectivity index (χ1) is 9.74. The Morgan fingerprint density at radius 3 is 2.90 bits per heavy atom. The van der Waals surface area contributed by atoms with E-state index in [9.17, 15) is 4.79 Å². The van der Waals surface area contributed by atoms with Crippen LogP contribution in [0.1, 0.15) is 12.2 Å². The topological polar surface area (TPSA) is 54.7 Å². The number of morpholine rings is 1. The number of rotatable bonds is 6. The van der Waals surface area contributed by atoms with Gasteiger partial charge in [0.15, 0.2) is 4.67 Å². The molecule has 1 aliphatic rings. The maximum atomic E-state index is 11.6. The largest absolute Gasteiger partial charge is 0.450 e. The first-order valence-electron chi connectivity index (χ1n) is 6.75. The van der Waals surface area contributed by atoms with Crippen molar-refractivity contribution in [1.82, 2.24) is 10.2 Å². The Balaban J connectivity index is 1.59. The Hall–Kier alpha value is -1.11. The minimum absolute atomic E-state index is 0.0977. The molecule has 20 heavy (non-hydrogen) atoms. The minimum Gasteiger partial charge on any atom is -0.450 e. The molecule has 1 aromatic rings. The smallest absolute Gasteiger partial charge is 0.244 e. The number of halogens is 1. The first kappa shape index (κ1) is 15.3. The second-order valence-electron chi connectivity index (χ2n) is 4.57. The molecule has 1 fully saturated rings. The van der Waals surface area contributed by atoms with Crippen molar-refractivity contribution in [2.24, 2.45) is 0 Å². The van der Waals surface area contributed by atoms with E-state index in [1.807, 2.05) is 0 Å². The van der Waals surface area contributed by atoms with Crippen molar-refractivity contribution in [2.45, 2.75) is 6.42 Å². The molecular formula is C14H19BrN2O3. The zero-order valence-corrected chi connectivity index (χ0v) is 12.9. The summed E-state index contributed by atoms with van der Waals surface area (Å²) in [6.45, 7) is 5.28. The predicted molar refractivity (Wildman–Crippen MR) is 80.3 cm³/mol. The summed E-state index contributed by atoms with van der Waals surface area (Å²) >= 11 is 3.21. The van der Waals surface area contributed by atoms with Crippen LogP contribution < -0.4 is 5.32 Å². The zero-order valence-electron chi connectivity index (χ0n) is 11.3. The van der Waals surface area contributed by atoms with Crippen LogP contribution in [0.25, 0.3) is 6.08 Å². The van der Waals surface area contributed by atoms with Crippen LogP contribution in [0.3, 0.4) is 0 Å². The molecule has 0 atom stereocenters. The van der Waals surface area contributed by atoms with E-state index >= 15 is 0 Å². The van der Waals surface area contributed by atoms with Gasteiger partial charge < -0.3 is 14.5 Å². The average Bonchev–Trinajstić information content (AvgIpc) is 2.88. The number of nitrogens with one attached hydrogen (secondary N) is 1. The van der Waals surface area contributed by atoms with E-state index in [-0.39, 0.29) is 5.91 Å². The molecule has 0 spiro atoms. The Labute approximate surface area is 127 Å². The monoisotopic (exact) mass is 342 g/mol. The summed E-state index contributed by atoms with van der Waals surface area (Å²) in [6, 6.07) is 3.59. The Morgan fingerprint density at radius 2 is 2.20 bits per heavy atom. The third-order valence-electron chi connectivity index (χ3n) is 3.05. The van der Waals surface area contributed by atoms with Gasteiger partial charge in [0.05, 0.1) is 13.2 Å². The number of ether oxygens (including phenoxy) is 1. The molecule has 1 N–H and O–H groups in total. The molecule has 1 amide bonds. The molecule has 5 nitrogen and oxygen atoms in total. The van der Waals surface area contributed by atoms with Crippen molar-refractivity contribution in [2.75, 3.05) is 39.4 Å². The summed E-state index contributed by atoms with van der Waals surface area (Å²) in [7, 11) is 0. The summed E-state index contributed by atoms with van der Waals surface area (Å²) in [5, 5.41) is 2.86. The summed E-state index contributed by atoms with van der Waals surface area (Å²) in [4.78, 5) is 13.9. The van der Waals surface area contributed by atoms with Crippen LogP contribution in [0.4, 0.5) is 0 Å². The van der Waals surface area contributed by atoms with Gasteiger partial charge in [0, 0.05) is 25.7 Å². The summed E-state index contributed by atoms with van der Waals surface area (Å²) < 4.78 is 11.2. The zero-order chi connectivity index (χ0) is 14.2. The first-order valence-corrected chi connectivity index (χ1v) is 7.55. The second-order valence-corrected chi connectivity index (χ2v) is 5.36. The van der Waals surface area contributed by atoms with Gasteiger partial charge in [0.1, 0.15) is 5.76 Å². The van der Waals surface area contributed by atoms with E-state index in [1.54, 1.807) is 18.2 Å². The van der Waals surface area contributed by atoms with E-state index in [1.165, 1.54) is 6.08 Å². The molecule has 0 aromatic carbocycles. The molecule has 2 rings (SSSR count). The van der Waals surface area contributed by atoms with Crippen LogP contribution in [0, 0.1) is 0 Å². The molecule has 1 aromatic heterocycles. The predicted octanol–water partition coefficient (Wildman–Crippen LogP) is 1.89. The van der Waals surface area contributed by atoms with Gasteiger partial charge in [-0.05, 0) is 47.1 Å². The summed E-state index contributed by atoms with van der Waals surface area (Å²) in [5.74, 6) is 0.555. The molecule has 0 aliphatic carbocycles. The molecule has 0 saturated carbocycles. The molecule has 0 bridgehead atoms. The van der Waals surface area contributed by atoms with Gasteiger partial charge in [-0.2, -0.15) is 0 Å². The lowest BCUT2D eigenvalue weighted by Crippen LogP contribution is -2.38. The van der Waals surface area contributed by atoms with Crippen molar-refractivity contribution < 1.29 is 13.9 Å². The van der Waals surface area contributed by atoms with Crippen molar-refractivity contribution in [1.29, 1.82) is 0 Å². The number of carbonyl (C=O) groups excluding carboxylic acids is 1. The lowest BCUT2D eigenvalue weighted by atomic mass is 10.3. The highest BCUT2D eigenvalue weighted by molar-refractivity contribution is 9.10. The van der Waals surface area contributed by atoms with Crippen LogP contribution in [0.15, 0.2) is 27.3 Å². The van der Waals surface area contributed by atoms with Crippen LogP contribution in [-0.4, -0.2) is 50.2 Å². The molecule has 0 radical (unpaired) electrons. The van der Waals surface area contributed by atoms with Crippen LogP contribution in [0.2, 0.25) is 0 Å². The minimum atomic E-state index is -0.0977. The van der Waals surface area contributed by atoms with Gasteiger partial charge in [-0.1, -0.05) is 0 Å². The Bertz CT molecular complexity index is 453. The number of furan rings is 1. The Morgan fingerprint density at radius 1 is 1.40 bits per heavy atom. The third-order valence-corrected chi connectivity index (χ3v) is 3.47. The number of nitrogens with zero attached hydrogens (tertiary/aromatic N) is 1. The van der Waals surface area contributed by atoms with Gasteiger partial charge in [0.2, 0.25) is 5.91 Å². The molecule has 1 saturated heterocycles. The maximum Gasteiger partial charge on any atom is 0.244 e. The fourth-order valence-electron chi connectivity index (χ4n) is 1.97. The maximum absolute atomic E-state index is 11.6. The van der Waals surface area contributed by atoms with Crippen LogP contribution >= 0.6 is 15.9 Å². The van der Waals surface area contributed by atoms with Crippen LogP contribution in [0.5, 0.6) is 0 Å². The van der Waals surface area contributed by atoms with Gasteiger partial charge in [0.25, 0.3) is 0 Å². The molecular weight excluding hydrogens is 324 g/mol. The van der Waals surface area contributed by atoms with Gasteiger partial charge in [-0.25, -0.2) is 0 Å². The Kier molecular flexibility index (Phi) is 6.29. The SMILES string of the molecule is O=C(/C=C/c1ccc(Br)o1)NCCCN1CCOCC1. The molecule has 6 heteroatoms.